The van der Waals surface area contributed by atoms with Crippen LogP contribution in [0.4, 0.5) is 0 Å². The van der Waals surface area contributed by atoms with Crippen LogP contribution in [0.25, 0.3) is 0 Å². The predicted octanol–water partition coefficient (Wildman–Crippen LogP) is 2.40. The van der Waals surface area contributed by atoms with Crippen molar-refractivity contribution in [3.8, 4) is 5.75 Å². The summed E-state index contributed by atoms with van der Waals surface area (Å²) in [4.78, 5) is 0.213. The third kappa shape index (κ3) is 2.43. The SMILES string of the molecule is Cc1noc(C)c1S(=O)(=O)N1CCC(c2ccc3c(c2)CCO3)C1. The van der Waals surface area contributed by atoms with E-state index in [4.69, 9.17) is 9.26 Å². The number of hydrogen-bond acceptors (Lipinski definition) is 5. The quantitative estimate of drug-likeness (QED) is 0.852. The van der Waals surface area contributed by atoms with Gasteiger partial charge in [-0.2, -0.15) is 4.31 Å². The van der Waals surface area contributed by atoms with Crippen molar-refractivity contribution in [1.82, 2.24) is 9.46 Å². The first kappa shape index (κ1) is 15.7. The molecule has 24 heavy (non-hydrogen) atoms. The lowest BCUT2D eigenvalue weighted by atomic mass is 9.96. The Hall–Kier alpha value is -1.86. The Morgan fingerprint density at radius 1 is 1.29 bits per heavy atom. The molecule has 4 rings (SSSR count). The summed E-state index contributed by atoms with van der Waals surface area (Å²) in [7, 11) is -3.56. The first-order chi connectivity index (χ1) is 11.5. The Bertz CT molecular complexity index is 868. The normalized spacial score (nSPS) is 21.0. The number of hydrogen-bond donors (Lipinski definition) is 0. The molecule has 2 aliphatic heterocycles. The van der Waals surface area contributed by atoms with Crippen LogP contribution in [-0.4, -0.2) is 37.6 Å². The van der Waals surface area contributed by atoms with E-state index in [-0.39, 0.29) is 10.8 Å². The lowest BCUT2D eigenvalue weighted by Crippen LogP contribution is -2.29. The fraction of sp³-hybridized carbons (Fsp3) is 0.471. The number of benzene rings is 1. The van der Waals surface area contributed by atoms with Crippen LogP contribution >= 0.6 is 0 Å². The van der Waals surface area contributed by atoms with Gasteiger partial charge in [0, 0.05) is 19.5 Å². The zero-order valence-electron chi connectivity index (χ0n) is 13.8. The molecular weight excluding hydrogens is 328 g/mol. The van der Waals surface area contributed by atoms with Crippen LogP contribution in [0, 0.1) is 13.8 Å². The molecule has 1 fully saturated rings. The molecule has 6 nitrogen and oxygen atoms in total. The topological polar surface area (TPSA) is 72.6 Å². The summed E-state index contributed by atoms with van der Waals surface area (Å²) in [5, 5.41) is 3.78. The van der Waals surface area contributed by atoms with Gasteiger partial charge in [-0.1, -0.05) is 17.3 Å². The van der Waals surface area contributed by atoms with Gasteiger partial charge in [0.15, 0.2) is 5.76 Å². The van der Waals surface area contributed by atoms with Gasteiger partial charge >= 0.3 is 0 Å². The average Bonchev–Trinajstić information content (AvgIpc) is 3.26. The number of nitrogens with zero attached hydrogens (tertiary/aromatic N) is 2. The smallest absolute Gasteiger partial charge is 0.248 e. The van der Waals surface area contributed by atoms with E-state index in [9.17, 15) is 8.42 Å². The van der Waals surface area contributed by atoms with Crippen LogP contribution in [0.3, 0.4) is 0 Å². The Morgan fingerprint density at radius 2 is 2.12 bits per heavy atom. The van der Waals surface area contributed by atoms with E-state index in [0.717, 1.165) is 25.2 Å². The molecule has 0 radical (unpaired) electrons. The van der Waals surface area contributed by atoms with Crippen molar-refractivity contribution in [2.45, 2.75) is 37.5 Å². The number of ether oxygens (including phenoxy) is 1. The van der Waals surface area contributed by atoms with Gasteiger partial charge in [-0.25, -0.2) is 8.42 Å². The van der Waals surface area contributed by atoms with Crippen LogP contribution in [-0.2, 0) is 16.4 Å². The van der Waals surface area contributed by atoms with Gasteiger partial charge in [0.05, 0.1) is 6.61 Å². The maximum Gasteiger partial charge on any atom is 0.248 e. The highest BCUT2D eigenvalue weighted by Crippen LogP contribution is 2.35. The zero-order valence-corrected chi connectivity index (χ0v) is 14.6. The number of rotatable bonds is 3. The largest absolute Gasteiger partial charge is 0.493 e. The number of sulfonamides is 1. The lowest BCUT2D eigenvalue weighted by molar-refractivity contribution is 0.357. The third-order valence-corrected chi connectivity index (χ3v) is 7.01. The molecule has 0 saturated carbocycles. The van der Waals surface area contributed by atoms with Crippen molar-refractivity contribution in [3.05, 3.63) is 40.8 Å². The minimum atomic E-state index is -3.56. The summed E-state index contributed by atoms with van der Waals surface area (Å²) < 4.78 is 37.9. The Labute approximate surface area is 141 Å². The highest BCUT2D eigenvalue weighted by molar-refractivity contribution is 7.89. The average molecular weight is 348 g/mol. The molecule has 1 saturated heterocycles. The highest BCUT2D eigenvalue weighted by atomic mass is 32.2. The third-order valence-electron chi connectivity index (χ3n) is 4.90. The molecule has 1 aromatic carbocycles. The minimum Gasteiger partial charge on any atom is -0.493 e. The standard InChI is InChI=1S/C17H20N2O4S/c1-11-17(12(2)23-18-11)24(20,21)19-7-5-15(10-19)13-3-4-16-14(9-13)6-8-22-16/h3-4,9,15H,5-8,10H2,1-2H3. The van der Waals surface area contributed by atoms with Gasteiger partial charge in [0.2, 0.25) is 10.0 Å². The van der Waals surface area contributed by atoms with E-state index in [0.29, 0.717) is 24.5 Å². The van der Waals surface area contributed by atoms with Gasteiger partial charge < -0.3 is 9.26 Å². The second-order valence-electron chi connectivity index (χ2n) is 6.47. The second kappa shape index (κ2) is 5.60. The van der Waals surface area contributed by atoms with Crippen molar-refractivity contribution in [3.63, 3.8) is 0 Å². The molecule has 3 heterocycles. The fourth-order valence-corrected chi connectivity index (χ4v) is 5.44. The number of aromatic nitrogens is 1. The van der Waals surface area contributed by atoms with Crippen molar-refractivity contribution >= 4 is 10.0 Å². The molecule has 1 aromatic heterocycles. The summed E-state index contributed by atoms with van der Waals surface area (Å²) in [5.41, 5.74) is 2.83. The first-order valence-electron chi connectivity index (χ1n) is 8.15. The van der Waals surface area contributed by atoms with E-state index in [1.54, 1.807) is 18.2 Å². The van der Waals surface area contributed by atoms with Crippen molar-refractivity contribution in [1.29, 1.82) is 0 Å². The van der Waals surface area contributed by atoms with Crippen LogP contribution in [0.5, 0.6) is 5.75 Å². The predicted molar refractivity (Wildman–Crippen MR) is 87.7 cm³/mol. The van der Waals surface area contributed by atoms with Crippen molar-refractivity contribution < 1.29 is 17.7 Å². The van der Waals surface area contributed by atoms with Crippen molar-refractivity contribution in [2.24, 2.45) is 0 Å². The molecule has 2 aliphatic rings. The van der Waals surface area contributed by atoms with Crippen LogP contribution < -0.4 is 4.74 Å². The van der Waals surface area contributed by atoms with Crippen molar-refractivity contribution in [2.75, 3.05) is 19.7 Å². The van der Waals surface area contributed by atoms with E-state index in [2.05, 4.69) is 17.3 Å². The summed E-state index contributed by atoms with van der Waals surface area (Å²) >= 11 is 0. The molecule has 7 heteroatoms. The Kier molecular flexibility index (Phi) is 3.65. The summed E-state index contributed by atoms with van der Waals surface area (Å²) in [6.45, 7) is 5.05. The number of fused-ring (bicyclic) bond motifs is 1. The Balaban J connectivity index is 1.58. The number of aryl methyl sites for hydroxylation is 2. The molecule has 0 spiro atoms. The molecule has 0 bridgehead atoms. The fourth-order valence-electron chi connectivity index (χ4n) is 3.65. The molecule has 1 unspecified atom stereocenters. The maximum absolute atomic E-state index is 12.9. The summed E-state index contributed by atoms with van der Waals surface area (Å²) in [5.74, 6) is 1.52. The second-order valence-corrected chi connectivity index (χ2v) is 8.34. The molecule has 1 atom stereocenters. The zero-order chi connectivity index (χ0) is 16.9. The summed E-state index contributed by atoms with van der Waals surface area (Å²) in [6, 6.07) is 6.23. The van der Waals surface area contributed by atoms with Crippen LogP contribution in [0.15, 0.2) is 27.6 Å². The van der Waals surface area contributed by atoms with E-state index in [1.165, 1.54) is 11.1 Å². The highest BCUT2D eigenvalue weighted by Gasteiger charge is 2.36. The molecule has 0 N–H and O–H groups in total. The van der Waals surface area contributed by atoms with Crippen LogP contribution in [0.2, 0.25) is 0 Å². The molecule has 2 aromatic rings. The van der Waals surface area contributed by atoms with E-state index < -0.39 is 10.0 Å². The van der Waals surface area contributed by atoms with Crippen LogP contribution in [0.1, 0.15) is 34.9 Å². The van der Waals surface area contributed by atoms with Gasteiger partial charge in [-0.15, -0.1) is 0 Å². The lowest BCUT2D eigenvalue weighted by Gasteiger charge is -2.16. The first-order valence-corrected chi connectivity index (χ1v) is 9.59. The van der Waals surface area contributed by atoms with Gasteiger partial charge in [0.25, 0.3) is 0 Å². The summed E-state index contributed by atoms with van der Waals surface area (Å²) in [6.07, 6.45) is 1.75. The minimum absolute atomic E-state index is 0.213. The molecule has 128 valence electrons. The van der Waals surface area contributed by atoms with Gasteiger partial charge in [-0.05, 0) is 43.4 Å². The molecule has 0 amide bonds. The maximum atomic E-state index is 12.9. The Morgan fingerprint density at radius 3 is 2.88 bits per heavy atom. The van der Waals surface area contributed by atoms with E-state index >= 15 is 0 Å². The van der Waals surface area contributed by atoms with E-state index in [1.807, 2.05) is 6.07 Å². The van der Waals surface area contributed by atoms with Gasteiger partial charge in [-0.3, -0.25) is 0 Å². The monoisotopic (exact) mass is 348 g/mol. The molecular formula is C17H20N2O4S. The molecule has 0 aliphatic carbocycles. The van der Waals surface area contributed by atoms with Gasteiger partial charge in [0.1, 0.15) is 16.3 Å².